The van der Waals surface area contributed by atoms with Gasteiger partial charge in [-0.15, -0.1) is 0 Å². The molecule has 4 heterocycles. The van der Waals surface area contributed by atoms with Crippen molar-refractivity contribution in [1.29, 1.82) is 0 Å². The first-order valence-electron chi connectivity index (χ1n) is 21.5. The first-order valence-corrected chi connectivity index (χ1v) is 23.1. The molecule has 4 amide bonds. The number of carbonyl (C=O) groups excluding carboxylic acids is 4. The number of imide groups is 2. The normalized spacial score (nSPS) is 16.7. The molecule has 2 unspecified atom stereocenters. The van der Waals surface area contributed by atoms with E-state index in [2.05, 4.69) is 33.2 Å². The summed E-state index contributed by atoms with van der Waals surface area (Å²) in [5.41, 5.74) is 8.06. The minimum atomic E-state index is -0.693. The maximum Gasteiger partial charge on any atom is 0.252 e. The van der Waals surface area contributed by atoms with Crippen LogP contribution in [0.3, 0.4) is 0 Å². The average molecular weight is 938 g/mol. The number of carbonyl (C=O) groups is 4. The number of rotatable bonds is 20. The molecule has 2 aromatic heterocycles. The number of aromatic nitrogens is 2. The lowest BCUT2D eigenvalue weighted by Gasteiger charge is -2.25. The van der Waals surface area contributed by atoms with E-state index in [9.17, 15) is 28.8 Å². The lowest BCUT2D eigenvalue weighted by atomic mass is 10.0. The van der Waals surface area contributed by atoms with Crippen LogP contribution < -0.4 is 37.0 Å². The van der Waals surface area contributed by atoms with Crippen LogP contribution in [0.5, 0.6) is 11.5 Å². The van der Waals surface area contributed by atoms with Crippen molar-refractivity contribution in [2.45, 2.75) is 129 Å². The Labute approximate surface area is 365 Å². The average Bonchev–Trinajstić information content (AvgIpc) is 3.21. The number of benzene rings is 2. The molecule has 4 aromatic rings. The van der Waals surface area contributed by atoms with E-state index in [1.165, 1.54) is 64.6 Å². The molecule has 0 aliphatic carbocycles. The number of alkyl halides is 1. The molecule has 2 aromatic carbocycles. The van der Waals surface area contributed by atoms with Crippen LogP contribution in [0.25, 0.3) is 21.8 Å². The number of fused-ring (bicyclic) bond motifs is 2. The highest BCUT2D eigenvalue weighted by molar-refractivity contribution is 14.1. The maximum atomic E-state index is 12.8. The van der Waals surface area contributed by atoms with Crippen molar-refractivity contribution in [3.8, 4) is 11.5 Å². The van der Waals surface area contributed by atoms with Gasteiger partial charge in [0.05, 0.1) is 24.2 Å². The van der Waals surface area contributed by atoms with Crippen molar-refractivity contribution in [2.24, 2.45) is 5.73 Å². The fraction of sp³-hybridized carbons (Fsp3) is 0.522. The highest BCUT2D eigenvalue weighted by atomic mass is 127. The summed E-state index contributed by atoms with van der Waals surface area (Å²) in [5.74, 6) is -0.0752. The molecule has 4 N–H and O–H groups in total. The van der Waals surface area contributed by atoms with Gasteiger partial charge in [-0.1, -0.05) is 74.0 Å². The van der Waals surface area contributed by atoms with E-state index in [0.717, 1.165) is 60.5 Å². The SMILES string of the molecule is Cc1cc(=O)n(C2CCC(=O)NC2=O)c2cc(OCCCCCCCCI)ccc12.Cc1cc(=O)n(C2CCC(=O)NC2=O)c2cc(OCCCCCCCCN)ccc12. The topological polar surface area (TPSA) is 181 Å². The quantitative estimate of drug-likeness (QED) is 0.0352. The molecule has 2 aliphatic rings. The maximum absolute atomic E-state index is 12.8. The second-order valence-electron chi connectivity index (χ2n) is 15.8. The van der Waals surface area contributed by atoms with Gasteiger partial charge in [-0.3, -0.25) is 48.5 Å². The van der Waals surface area contributed by atoms with E-state index in [-0.39, 0.29) is 35.8 Å². The van der Waals surface area contributed by atoms with Crippen LogP contribution in [-0.4, -0.2) is 56.9 Å². The first kappa shape index (κ1) is 46.5. The van der Waals surface area contributed by atoms with Crippen LogP contribution in [0, 0.1) is 13.8 Å². The summed E-state index contributed by atoms with van der Waals surface area (Å²) in [5, 5.41) is 6.49. The lowest BCUT2D eigenvalue weighted by Crippen LogP contribution is -2.44. The molecule has 0 spiro atoms. The number of ether oxygens (including phenoxy) is 2. The Hall–Kier alpha value is -4.57. The van der Waals surface area contributed by atoms with Crippen molar-refractivity contribution in [2.75, 3.05) is 24.2 Å². The summed E-state index contributed by atoms with van der Waals surface area (Å²) in [6.07, 6.45) is 15.0. The second kappa shape index (κ2) is 23.4. The third-order valence-electron chi connectivity index (χ3n) is 11.2. The molecule has 13 nitrogen and oxygen atoms in total. The van der Waals surface area contributed by atoms with E-state index in [4.69, 9.17) is 15.2 Å². The Morgan fingerprint density at radius 1 is 0.583 bits per heavy atom. The molecule has 2 fully saturated rings. The Morgan fingerprint density at radius 3 is 1.38 bits per heavy atom. The Kier molecular flexibility index (Phi) is 18.2. The lowest BCUT2D eigenvalue weighted by molar-refractivity contribution is -0.137. The van der Waals surface area contributed by atoms with E-state index in [1.54, 1.807) is 6.07 Å². The molecule has 2 aliphatic heterocycles. The molecule has 0 radical (unpaired) electrons. The van der Waals surface area contributed by atoms with Gasteiger partial charge in [0.2, 0.25) is 23.6 Å². The predicted octanol–water partition coefficient (Wildman–Crippen LogP) is 7.41. The summed E-state index contributed by atoms with van der Waals surface area (Å²) in [6, 6.07) is 13.0. The molecule has 60 heavy (non-hydrogen) atoms. The highest BCUT2D eigenvalue weighted by Gasteiger charge is 2.31. The number of piperidine rings is 2. The Bertz CT molecular complexity index is 2090. The molecule has 2 atom stereocenters. The predicted molar refractivity (Wildman–Crippen MR) is 243 cm³/mol. The van der Waals surface area contributed by atoms with Gasteiger partial charge < -0.3 is 15.2 Å². The second-order valence-corrected chi connectivity index (χ2v) is 16.9. The zero-order chi connectivity index (χ0) is 43.0. The number of pyridine rings is 2. The van der Waals surface area contributed by atoms with Gasteiger partial charge in [0.25, 0.3) is 11.1 Å². The molecule has 2 saturated heterocycles. The third kappa shape index (κ3) is 12.7. The monoisotopic (exact) mass is 937 g/mol. The number of unbranched alkanes of at least 4 members (excludes halogenated alkanes) is 10. The van der Waals surface area contributed by atoms with Crippen LogP contribution in [0.4, 0.5) is 0 Å². The minimum absolute atomic E-state index is 0.222. The van der Waals surface area contributed by atoms with Crippen LogP contribution in [-0.2, 0) is 19.2 Å². The van der Waals surface area contributed by atoms with Gasteiger partial charge in [0, 0.05) is 47.9 Å². The van der Waals surface area contributed by atoms with Gasteiger partial charge in [-0.05, 0) is 98.7 Å². The Balaban J connectivity index is 0.000000228. The largest absolute Gasteiger partial charge is 0.494 e. The number of halogens is 1. The van der Waals surface area contributed by atoms with Crippen molar-refractivity contribution in [3.05, 3.63) is 80.4 Å². The van der Waals surface area contributed by atoms with Crippen molar-refractivity contribution >= 4 is 68.0 Å². The van der Waals surface area contributed by atoms with Gasteiger partial charge in [0.15, 0.2) is 0 Å². The van der Waals surface area contributed by atoms with E-state index < -0.39 is 23.9 Å². The summed E-state index contributed by atoms with van der Waals surface area (Å²) >= 11 is 2.42. The number of hydrogen-bond donors (Lipinski definition) is 3. The smallest absolute Gasteiger partial charge is 0.252 e. The van der Waals surface area contributed by atoms with Crippen molar-refractivity contribution < 1.29 is 28.7 Å². The number of nitrogens with two attached hydrogens (primary N) is 1. The van der Waals surface area contributed by atoms with Gasteiger partial charge >= 0.3 is 0 Å². The zero-order valence-electron chi connectivity index (χ0n) is 35.0. The summed E-state index contributed by atoms with van der Waals surface area (Å²) < 4.78 is 16.1. The van der Waals surface area contributed by atoms with Crippen LogP contribution in [0.2, 0.25) is 0 Å². The van der Waals surface area contributed by atoms with Gasteiger partial charge in [-0.2, -0.15) is 0 Å². The van der Waals surface area contributed by atoms with Crippen molar-refractivity contribution in [3.63, 3.8) is 0 Å². The molecular weight excluding hydrogens is 877 g/mol. The first-order chi connectivity index (χ1) is 29.0. The number of nitrogens with one attached hydrogen (secondary N) is 2. The van der Waals surface area contributed by atoms with E-state index in [0.29, 0.717) is 48.6 Å². The minimum Gasteiger partial charge on any atom is -0.494 e. The van der Waals surface area contributed by atoms with Crippen LogP contribution in [0.15, 0.2) is 58.1 Å². The number of hydrogen-bond acceptors (Lipinski definition) is 9. The molecule has 0 saturated carbocycles. The van der Waals surface area contributed by atoms with Gasteiger partial charge in [0.1, 0.15) is 23.6 Å². The summed E-state index contributed by atoms with van der Waals surface area (Å²) in [6.45, 7) is 5.76. The molecule has 14 heteroatoms. The molecular formula is C46H60IN5O8. The Morgan fingerprint density at radius 2 is 0.983 bits per heavy atom. The van der Waals surface area contributed by atoms with Crippen LogP contribution in [0.1, 0.15) is 126 Å². The fourth-order valence-corrected chi connectivity index (χ4v) is 8.45. The number of amides is 4. The fourth-order valence-electron chi connectivity index (χ4n) is 7.91. The third-order valence-corrected chi connectivity index (χ3v) is 11.9. The standard InChI is InChI=1S/C23H29IN2O4.C23H31N3O4/c2*1-16-14-22(28)26(19-10-11-21(27)25-23(19)29)20-15-17(8-9-18(16)20)30-13-7-5-3-2-4-6-12-24/h8-9,14-15,19H,2-7,10-13H2,1H3,(H,25,27,29);8-9,14-15,19H,2-7,10-13,24H2,1H3,(H,25,27,29). The number of nitrogens with zero attached hydrogens (tertiary/aromatic N) is 2. The molecule has 0 bridgehead atoms. The number of aryl methyl sites for hydroxylation is 2. The molecule has 324 valence electrons. The van der Waals surface area contributed by atoms with Crippen LogP contribution >= 0.6 is 22.6 Å². The van der Waals surface area contributed by atoms with E-state index in [1.807, 2.05) is 50.2 Å². The summed E-state index contributed by atoms with van der Waals surface area (Å²) in [7, 11) is 0. The summed E-state index contributed by atoms with van der Waals surface area (Å²) in [4.78, 5) is 73.3. The molecule has 6 rings (SSSR count). The highest BCUT2D eigenvalue weighted by Crippen LogP contribution is 2.29. The van der Waals surface area contributed by atoms with Gasteiger partial charge in [-0.25, -0.2) is 0 Å². The zero-order valence-corrected chi connectivity index (χ0v) is 37.2. The van der Waals surface area contributed by atoms with E-state index >= 15 is 0 Å². The van der Waals surface area contributed by atoms with Crippen molar-refractivity contribution in [1.82, 2.24) is 19.8 Å².